The standard InChI is InChI=1S/C17H31F2N/c1-15(2,13-6-9-20(5)12-13)7-8-16(3,4)14-10-17(18,19)11-14/h13-14H,6-12H2,1-5H3. The number of rotatable bonds is 5. The summed E-state index contributed by atoms with van der Waals surface area (Å²) in [6.45, 7) is 11.5. The fraction of sp³-hybridized carbons (Fsp3) is 1.00. The van der Waals surface area contributed by atoms with Gasteiger partial charge in [-0.15, -0.1) is 0 Å². The van der Waals surface area contributed by atoms with Gasteiger partial charge in [0, 0.05) is 19.4 Å². The van der Waals surface area contributed by atoms with Crippen LogP contribution in [0, 0.1) is 22.7 Å². The average Bonchev–Trinajstić information content (AvgIpc) is 2.71. The van der Waals surface area contributed by atoms with Gasteiger partial charge in [0.2, 0.25) is 5.92 Å². The lowest BCUT2D eigenvalue weighted by Crippen LogP contribution is -2.44. The third kappa shape index (κ3) is 3.52. The van der Waals surface area contributed by atoms with E-state index < -0.39 is 5.92 Å². The van der Waals surface area contributed by atoms with Gasteiger partial charge in [0.15, 0.2) is 0 Å². The minimum absolute atomic E-state index is 0.0590. The summed E-state index contributed by atoms with van der Waals surface area (Å²) in [5.41, 5.74) is 0.387. The lowest BCUT2D eigenvalue weighted by atomic mass is 9.61. The first-order chi connectivity index (χ1) is 9.02. The molecule has 1 aliphatic heterocycles. The van der Waals surface area contributed by atoms with Crippen LogP contribution in [0.2, 0.25) is 0 Å². The summed E-state index contributed by atoms with van der Waals surface area (Å²) in [7, 11) is 2.19. The first kappa shape index (κ1) is 16.2. The molecule has 0 aromatic rings. The summed E-state index contributed by atoms with van der Waals surface area (Å²) in [5, 5.41) is 0. The zero-order chi connectivity index (χ0) is 15.2. The molecule has 0 radical (unpaired) electrons. The molecule has 0 bridgehead atoms. The highest BCUT2D eigenvalue weighted by Gasteiger charge is 2.51. The van der Waals surface area contributed by atoms with E-state index in [2.05, 4.69) is 39.6 Å². The van der Waals surface area contributed by atoms with Gasteiger partial charge in [0.1, 0.15) is 0 Å². The van der Waals surface area contributed by atoms with Gasteiger partial charge >= 0.3 is 0 Å². The van der Waals surface area contributed by atoms with Crippen molar-refractivity contribution < 1.29 is 8.78 Å². The van der Waals surface area contributed by atoms with Crippen molar-refractivity contribution in [1.29, 1.82) is 0 Å². The second-order valence-electron chi connectivity index (χ2n) is 8.69. The van der Waals surface area contributed by atoms with Gasteiger partial charge in [-0.05, 0) is 55.5 Å². The molecule has 20 heavy (non-hydrogen) atoms. The Hall–Kier alpha value is -0.180. The lowest BCUT2D eigenvalue weighted by Gasteiger charge is -2.46. The van der Waals surface area contributed by atoms with E-state index in [1.165, 1.54) is 19.5 Å². The molecule has 118 valence electrons. The van der Waals surface area contributed by atoms with Crippen LogP contribution < -0.4 is 0 Å². The molecule has 0 amide bonds. The van der Waals surface area contributed by atoms with E-state index in [1.54, 1.807) is 0 Å². The Morgan fingerprint density at radius 1 is 1.00 bits per heavy atom. The van der Waals surface area contributed by atoms with Crippen LogP contribution in [0.25, 0.3) is 0 Å². The fourth-order valence-electron chi connectivity index (χ4n) is 3.84. The van der Waals surface area contributed by atoms with Crippen molar-refractivity contribution in [2.75, 3.05) is 20.1 Å². The lowest BCUT2D eigenvalue weighted by molar-refractivity contribution is -0.144. The average molecular weight is 287 g/mol. The Labute approximate surface area is 123 Å². The van der Waals surface area contributed by atoms with E-state index in [4.69, 9.17) is 0 Å². The summed E-state index contributed by atoms with van der Waals surface area (Å²) in [6, 6.07) is 0. The van der Waals surface area contributed by atoms with Crippen molar-refractivity contribution in [3.8, 4) is 0 Å². The molecule has 0 aromatic carbocycles. The van der Waals surface area contributed by atoms with Crippen molar-refractivity contribution in [3.05, 3.63) is 0 Å². The van der Waals surface area contributed by atoms with Gasteiger partial charge < -0.3 is 4.90 Å². The second kappa shape index (κ2) is 5.23. The first-order valence-electron chi connectivity index (χ1n) is 8.08. The van der Waals surface area contributed by atoms with E-state index in [0.29, 0.717) is 5.41 Å². The molecule has 1 atom stereocenters. The van der Waals surface area contributed by atoms with E-state index in [1.807, 2.05) is 0 Å². The van der Waals surface area contributed by atoms with Crippen molar-refractivity contribution in [2.24, 2.45) is 22.7 Å². The smallest absolute Gasteiger partial charge is 0.248 e. The van der Waals surface area contributed by atoms with Crippen LogP contribution in [0.15, 0.2) is 0 Å². The van der Waals surface area contributed by atoms with Gasteiger partial charge in [0.05, 0.1) is 0 Å². The number of alkyl halides is 2. The van der Waals surface area contributed by atoms with E-state index in [0.717, 1.165) is 18.8 Å². The Bertz CT molecular complexity index is 341. The summed E-state index contributed by atoms with van der Waals surface area (Å²) < 4.78 is 26.2. The van der Waals surface area contributed by atoms with E-state index in [9.17, 15) is 8.78 Å². The van der Waals surface area contributed by atoms with Crippen LogP contribution in [0.4, 0.5) is 8.78 Å². The zero-order valence-corrected chi connectivity index (χ0v) is 13.8. The Morgan fingerprint density at radius 3 is 1.90 bits per heavy atom. The van der Waals surface area contributed by atoms with Crippen LogP contribution >= 0.6 is 0 Å². The number of hydrogen-bond acceptors (Lipinski definition) is 1. The van der Waals surface area contributed by atoms with Crippen molar-refractivity contribution in [1.82, 2.24) is 4.90 Å². The van der Waals surface area contributed by atoms with Crippen LogP contribution in [0.3, 0.4) is 0 Å². The molecule has 1 unspecified atom stereocenters. The Morgan fingerprint density at radius 2 is 1.50 bits per heavy atom. The maximum Gasteiger partial charge on any atom is 0.248 e. The molecule has 1 aliphatic carbocycles. The Kier molecular flexibility index (Phi) is 4.23. The summed E-state index contributed by atoms with van der Waals surface area (Å²) in [4.78, 5) is 2.41. The molecule has 1 heterocycles. The summed E-state index contributed by atoms with van der Waals surface area (Å²) in [6.07, 6.45) is 3.71. The molecule has 0 aromatic heterocycles. The normalized spacial score (nSPS) is 28.6. The molecular formula is C17H31F2N. The third-order valence-electron chi connectivity index (χ3n) is 6.11. The second-order valence-corrected chi connectivity index (χ2v) is 8.69. The highest BCUT2D eigenvalue weighted by Crippen LogP contribution is 2.53. The Balaban J connectivity index is 1.84. The number of likely N-dealkylation sites (tertiary alicyclic amines) is 1. The van der Waals surface area contributed by atoms with Gasteiger partial charge in [0.25, 0.3) is 0 Å². The van der Waals surface area contributed by atoms with Gasteiger partial charge in [-0.2, -0.15) is 0 Å². The first-order valence-corrected chi connectivity index (χ1v) is 8.08. The molecule has 1 saturated heterocycles. The molecule has 0 N–H and O–H groups in total. The number of hydrogen-bond donors (Lipinski definition) is 0. The predicted octanol–water partition coefficient (Wildman–Crippen LogP) is 4.82. The van der Waals surface area contributed by atoms with Crippen LogP contribution in [-0.2, 0) is 0 Å². The maximum atomic E-state index is 13.1. The van der Waals surface area contributed by atoms with Gasteiger partial charge in [-0.1, -0.05) is 27.7 Å². The fourth-order valence-corrected chi connectivity index (χ4v) is 3.84. The van der Waals surface area contributed by atoms with Gasteiger partial charge in [-0.25, -0.2) is 8.78 Å². The topological polar surface area (TPSA) is 3.24 Å². The van der Waals surface area contributed by atoms with Gasteiger partial charge in [-0.3, -0.25) is 0 Å². The largest absolute Gasteiger partial charge is 0.306 e. The number of nitrogens with zero attached hydrogens (tertiary/aromatic N) is 1. The molecule has 2 rings (SSSR count). The highest BCUT2D eigenvalue weighted by molar-refractivity contribution is 4.95. The predicted molar refractivity (Wildman–Crippen MR) is 80.1 cm³/mol. The van der Waals surface area contributed by atoms with Crippen molar-refractivity contribution >= 4 is 0 Å². The third-order valence-corrected chi connectivity index (χ3v) is 6.11. The minimum atomic E-state index is -2.38. The van der Waals surface area contributed by atoms with Crippen molar-refractivity contribution in [2.45, 2.75) is 65.7 Å². The van der Waals surface area contributed by atoms with Crippen LogP contribution in [0.1, 0.15) is 59.8 Å². The molecule has 1 saturated carbocycles. The molecule has 0 spiro atoms. The summed E-state index contributed by atoms with van der Waals surface area (Å²) in [5.74, 6) is -1.42. The SMILES string of the molecule is CN1CCC(C(C)(C)CCC(C)(C)C2CC(F)(F)C2)C1. The quantitative estimate of drug-likeness (QED) is 0.701. The molecule has 2 fully saturated rings. The summed E-state index contributed by atoms with van der Waals surface area (Å²) >= 11 is 0. The molecular weight excluding hydrogens is 256 g/mol. The van der Waals surface area contributed by atoms with Crippen LogP contribution in [0.5, 0.6) is 0 Å². The molecule has 1 nitrogen and oxygen atoms in total. The molecule has 2 aliphatic rings. The van der Waals surface area contributed by atoms with E-state index in [-0.39, 0.29) is 24.2 Å². The monoisotopic (exact) mass is 287 g/mol. The van der Waals surface area contributed by atoms with Crippen LogP contribution in [-0.4, -0.2) is 31.0 Å². The number of halogens is 2. The van der Waals surface area contributed by atoms with Crippen molar-refractivity contribution in [3.63, 3.8) is 0 Å². The maximum absolute atomic E-state index is 13.1. The minimum Gasteiger partial charge on any atom is -0.306 e. The molecule has 3 heteroatoms. The zero-order valence-electron chi connectivity index (χ0n) is 13.8. The van der Waals surface area contributed by atoms with E-state index >= 15 is 0 Å². The highest BCUT2D eigenvalue weighted by atomic mass is 19.3.